The van der Waals surface area contributed by atoms with E-state index in [9.17, 15) is 9.59 Å². The molecule has 6 heteroatoms. The van der Waals surface area contributed by atoms with E-state index in [1.807, 2.05) is 6.92 Å². The van der Waals surface area contributed by atoms with Crippen molar-refractivity contribution in [2.75, 3.05) is 14.2 Å². The van der Waals surface area contributed by atoms with Gasteiger partial charge in [-0.3, -0.25) is 4.84 Å². The minimum atomic E-state index is -0.575. The van der Waals surface area contributed by atoms with Crippen molar-refractivity contribution >= 4 is 12.4 Å². The lowest BCUT2D eigenvalue weighted by Crippen LogP contribution is -2.50. The van der Waals surface area contributed by atoms with Gasteiger partial charge in [0.2, 0.25) is 0 Å². The van der Waals surface area contributed by atoms with Crippen LogP contribution in [-0.4, -0.2) is 48.4 Å². The fourth-order valence-corrected chi connectivity index (χ4v) is 1.40. The molecule has 1 atom stereocenters. The average Bonchev–Trinajstić information content (AvgIpc) is 2.23. The molecule has 0 N–H and O–H groups in total. The Kier molecular flexibility index (Phi) is 6.86. The molecule has 0 spiro atoms. The van der Waals surface area contributed by atoms with Gasteiger partial charge in [-0.05, 0) is 34.1 Å². The number of carbonyl (C=O) groups is 2. The van der Waals surface area contributed by atoms with Gasteiger partial charge in [-0.25, -0.2) is 9.80 Å². The van der Waals surface area contributed by atoms with Crippen LogP contribution in [0.25, 0.3) is 0 Å². The first kappa shape index (κ1) is 16.9. The minimum Gasteiger partial charge on any atom is -0.443 e. The van der Waals surface area contributed by atoms with Gasteiger partial charge in [-0.2, -0.15) is 0 Å². The van der Waals surface area contributed by atoms with Crippen LogP contribution in [0.1, 0.15) is 40.5 Å². The second-order valence-electron chi connectivity index (χ2n) is 5.06. The van der Waals surface area contributed by atoms with Crippen molar-refractivity contribution in [1.82, 2.24) is 10.2 Å². The molecule has 0 rings (SSSR count). The molecule has 0 unspecified atom stereocenters. The molecule has 0 bridgehead atoms. The monoisotopic (exact) mass is 260 g/mol. The van der Waals surface area contributed by atoms with Gasteiger partial charge < -0.3 is 9.53 Å². The lowest BCUT2D eigenvalue weighted by molar-refractivity contribution is -0.248. The maximum atomic E-state index is 12.1. The van der Waals surface area contributed by atoms with Crippen LogP contribution in [0.15, 0.2) is 0 Å². The molecule has 6 nitrogen and oxygen atoms in total. The molecular formula is C12H24N2O4. The lowest BCUT2D eigenvalue weighted by Gasteiger charge is -2.35. The van der Waals surface area contributed by atoms with Gasteiger partial charge in [0.25, 0.3) is 0 Å². The summed E-state index contributed by atoms with van der Waals surface area (Å²) in [6, 6.07) is -0.185. The van der Waals surface area contributed by atoms with E-state index in [0.29, 0.717) is 12.8 Å². The van der Waals surface area contributed by atoms with E-state index in [-0.39, 0.29) is 6.04 Å². The number of hydrogen-bond acceptors (Lipinski definition) is 5. The second kappa shape index (κ2) is 7.33. The van der Waals surface area contributed by atoms with Gasteiger partial charge in [-0.15, -0.1) is 0 Å². The molecule has 0 aliphatic carbocycles. The number of hydroxylamine groups is 1. The molecule has 0 aromatic carbocycles. The van der Waals surface area contributed by atoms with Crippen molar-refractivity contribution < 1.29 is 19.2 Å². The molecule has 0 saturated heterocycles. The number of nitrogens with zero attached hydrogens (tertiary/aromatic N) is 2. The van der Waals surface area contributed by atoms with Gasteiger partial charge in [-0.1, -0.05) is 5.17 Å². The van der Waals surface area contributed by atoms with E-state index in [0.717, 1.165) is 6.29 Å². The van der Waals surface area contributed by atoms with Crippen LogP contribution in [0.5, 0.6) is 0 Å². The van der Waals surface area contributed by atoms with Crippen molar-refractivity contribution in [1.29, 1.82) is 0 Å². The second-order valence-corrected chi connectivity index (χ2v) is 5.06. The molecule has 0 aromatic rings. The van der Waals surface area contributed by atoms with Crippen LogP contribution in [0, 0.1) is 0 Å². The molecule has 0 saturated carbocycles. The standard InChI is InChI=1S/C12H24N2O4/c1-10(8-7-9-15)14(13(5)17-6)11(16)18-12(2,3)4/h9-10H,7-8H2,1-6H3/t10-/m0/s1. The third-order valence-electron chi connectivity index (χ3n) is 2.27. The van der Waals surface area contributed by atoms with Crippen molar-refractivity contribution in [2.24, 2.45) is 0 Å². The zero-order valence-corrected chi connectivity index (χ0v) is 12.1. The molecule has 0 radical (unpaired) electrons. The highest BCUT2D eigenvalue weighted by atomic mass is 16.7. The number of rotatable bonds is 6. The number of hydrazine groups is 1. The highest BCUT2D eigenvalue weighted by Gasteiger charge is 2.29. The van der Waals surface area contributed by atoms with Crippen molar-refractivity contribution in [3.8, 4) is 0 Å². The Balaban J connectivity index is 4.76. The first-order valence-corrected chi connectivity index (χ1v) is 5.96. The zero-order valence-electron chi connectivity index (χ0n) is 12.1. The Hall–Kier alpha value is -1.14. The Morgan fingerprint density at radius 1 is 1.39 bits per heavy atom. The van der Waals surface area contributed by atoms with E-state index < -0.39 is 11.7 Å². The maximum absolute atomic E-state index is 12.1. The Labute approximate surface area is 109 Å². The Morgan fingerprint density at radius 2 is 1.94 bits per heavy atom. The topological polar surface area (TPSA) is 59.1 Å². The quantitative estimate of drug-likeness (QED) is 0.540. The molecule has 0 aliphatic rings. The Bertz CT molecular complexity index is 276. The van der Waals surface area contributed by atoms with Crippen LogP contribution in [0.4, 0.5) is 4.79 Å². The van der Waals surface area contributed by atoms with Crippen molar-refractivity contribution in [3.63, 3.8) is 0 Å². The largest absolute Gasteiger partial charge is 0.443 e. The van der Waals surface area contributed by atoms with E-state index in [4.69, 9.17) is 9.57 Å². The number of aldehydes is 1. The van der Waals surface area contributed by atoms with Crippen LogP contribution < -0.4 is 0 Å². The number of ether oxygens (including phenoxy) is 1. The predicted octanol–water partition coefficient (Wildman–Crippen LogP) is 2.00. The minimum absolute atomic E-state index is 0.185. The normalized spacial score (nSPS) is 13.3. The number of hydrogen-bond donors (Lipinski definition) is 0. The van der Waals surface area contributed by atoms with E-state index in [1.54, 1.807) is 27.8 Å². The molecule has 18 heavy (non-hydrogen) atoms. The first-order valence-electron chi connectivity index (χ1n) is 5.96. The van der Waals surface area contributed by atoms with E-state index in [1.165, 1.54) is 17.3 Å². The van der Waals surface area contributed by atoms with E-state index >= 15 is 0 Å². The summed E-state index contributed by atoms with van der Waals surface area (Å²) in [5.41, 5.74) is -0.575. The summed E-state index contributed by atoms with van der Waals surface area (Å²) in [7, 11) is 3.07. The fraction of sp³-hybridized carbons (Fsp3) is 0.833. The summed E-state index contributed by atoms with van der Waals surface area (Å²) < 4.78 is 5.30. The van der Waals surface area contributed by atoms with Crippen molar-refractivity contribution in [2.45, 2.75) is 52.2 Å². The van der Waals surface area contributed by atoms with Crippen LogP contribution >= 0.6 is 0 Å². The molecule has 1 amide bonds. The van der Waals surface area contributed by atoms with Crippen LogP contribution in [0.2, 0.25) is 0 Å². The number of carbonyl (C=O) groups excluding carboxylic acids is 2. The van der Waals surface area contributed by atoms with Gasteiger partial charge >= 0.3 is 6.09 Å². The highest BCUT2D eigenvalue weighted by molar-refractivity contribution is 5.67. The third-order valence-corrected chi connectivity index (χ3v) is 2.27. The lowest BCUT2D eigenvalue weighted by atomic mass is 10.2. The molecule has 0 fully saturated rings. The third kappa shape index (κ3) is 5.97. The summed E-state index contributed by atoms with van der Waals surface area (Å²) in [5, 5.41) is 2.66. The SMILES string of the molecule is CON(C)N(C(=O)OC(C)(C)C)[C@@H](C)CCC=O. The first-order chi connectivity index (χ1) is 8.22. The maximum Gasteiger partial charge on any atom is 0.427 e. The fourth-order valence-electron chi connectivity index (χ4n) is 1.40. The predicted molar refractivity (Wildman–Crippen MR) is 67.6 cm³/mol. The Morgan fingerprint density at radius 3 is 2.33 bits per heavy atom. The average molecular weight is 260 g/mol. The van der Waals surface area contributed by atoms with Crippen LogP contribution in [0.3, 0.4) is 0 Å². The summed E-state index contributed by atoms with van der Waals surface area (Å²) in [5.74, 6) is 0. The van der Waals surface area contributed by atoms with Gasteiger partial charge in [0.05, 0.1) is 13.2 Å². The van der Waals surface area contributed by atoms with Gasteiger partial charge in [0.1, 0.15) is 11.9 Å². The van der Waals surface area contributed by atoms with Crippen LogP contribution in [-0.2, 0) is 14.4 Å². The summed E-state index contributed by atoms with van der Waals surface area (Å²) >= 11 is 0. The smallest absolute Gasteiger partial charge is 0.427 e. The molecule has 0 aromatic heterocycles. The van der Waals surface area contributed by atoms with Gasteiger partial charge in [0.15, 0.2) is 0 Å². The van der Waals surface area contributed by atoms with E-state index in [2.05, 4.69) is 0 Å². The molecule has 0 heterocycles. The summed E-state index contributed by atoms with van der Waals surface area (Å²) in [4.78, 5) is 27.5. The summed E-state index contributed by atoms with van der Waals surface area (Å²) in [6.07, 6.45) is 1.27. The summed E-state index contributed by atoms with van der Waals surface area (Å²) in [6.45, 7) is 7.23. The number of amides is 1. The molecule has 106 valence electrons. The van der Waals surface area contributed by atoms with Gasteiger partial charge in [0, 0.05) is 13.5 Å². The molecule has 0 aliphatic heterocycles. The highest BCUT2D eigenvalue weighted by Crippen LogP contribution is 2.15. The molecular weight excluding hydrogens is 236 g/mol. The van der Waals surface area contributed by atoms with Crippen molar-refractivity contribution in [3.05, 3.63) is 0 Å². The zero-order chi connectivity index (χ0) is 14.3.